The smallest absolute Gasteiger partial charge is 0.193 e. The van der Waals surface area contributed by atoms with Gasteiger partial charge in [0.15, 0.2) is 17.5 Å². The molecule has 1 N–H and O–H groups in total. The van der Waals surface area contributed by atoms with Crippen LogP contribution in [0.15, 0.2) is 46.0 Å². The van der Waals surface area contributed by atoms with E-state index < -0.39 is 0 Å². The van der Waals surface area contributed by atoms with Crippen molar-refractivity contribution in [3.05, 3.63) is 47.9 Å². The van der Waals surface area contributed by atoms with Crippen LogP contribution in [-0.2, 0) is 6.42 Å². The number of ether oxygens (including phenoxy) is 2. The highest BCUT2D eigenvalue weighted by Gasteiger charge is 2.26. The van der Waals surface area contributed by atoms with Crippen molar-refractivity contribution in [1.82, 2.24) is 15.1 Å². The maximum atomic E-state index is 5.72. The highest BCUT2D eigenvalue weighted by molar-refractivity contribution is 14.0. The number of likely N-dealkylation sites (N-methyl/N-ethyl adjacent to an activating group) is 1. The molecule has 1 fully saturated rings. The lowest BCUT2D eigenvalue weighted by atomic mass is 10.1. The van der Waals surface area contributed by atoms with Crippen LogP contribution in [0, 0.1) is 0 Å². The number of hydrogen-bond acceptors (Lipinski definition) is 5. The number of furan rings is 1. The third-order valence-electron chi connectivity index (χ3n) is 5.66. The van der Waals surface area contributed by atoms with Gasteiger partial charge in [-0.25, -0.2) is 0 Å². The lowest BCUT2D eigenvalue weighted by molar-refractivity contribution is 0.214. The van der Waals surface area contributed by atoms with E-state index in [1.807, 2.05) is 25.2 Å². The van der Waals surface area contributed by atoms with Crippen LogP contribution >= 0.6 is 24.0 Å². The monoisotopic (exact) mass is 542 g/mol. The quantitative estimate of drug-likeness (QED) is 0.296. The van der Waals surface area contributed by atoms with Gasteiger partial charge in [-0.2, -0.15) is 0 Å². The Labute approximate surface area is 202 Å². The standard InChI is InChI=1S/C23H34N4O3.HI/c1-24-23(25-17-19(20-8-7-15-30-20)27-12-5-6-13-27)26(2)14-11-18-9-10-21(28-3)22(16-18)29-4;/h7-10,15-16,19H,5-6,11-14,17H2,1-4H3,(H,24,25);1H. The fourth-order valence-corrected chi connectivity index (χ4v) is 3.96. The highest BCUT2D eigenvalue weighted by Crippen LogP contribution is 2.28. The van der Waals surface area contributed by atoms with Crippen molar-refractivity contribution in [1.29, 1.82) is 0 Å². The number of benzene rings is 1. The molecule has 3 rings (SSSR count). The summed E-state index contributed by atoms with van der Waals surface area (Å²) in [5, 5.41) is 3.54. The van der Waals surface area contributed by atoms with E-state index in [9.17, 15) is 0 Å². The van der Waals surface area contributed by atoms with Gasteiger partial charge in [0.05, 0.1) is 26.5 Å². The maximum absolute atomic E-state index is 5.72. The Balaban J connectivity index is 0.00000341. The zero-order valence-corrected chi connectivity index (χ0v) is 21.3. The van der Waals surface area contributed by atoms with Crippen molar-refractivity contribution in [3.8, 4) is 11.5 Å². The van der Waals surface area contributed by atoms with Crippen molar-refractivity contribution in [3.63, 3.8) is 0 Å². The number of guanidine groups is 1. The lowest BCUT2D eigenvalue weighted by Gasteiger charge is -2.29. The van der Waals surface area contributed by atoms with Gasteiger partial charge < -0.3 is 24.1 Å². The molecule has 1 atom stereocenters. The summed E-state index contributed by atoms with van der Waals surface area (Å²) in [5.74, 6) is 3.39. The molecule has 0 amide bonds. The van der Waals surface area contributed by atoms with E-state index in [2.05, 4.69) is 39.3 Å². The summed E-state index contributed by atoms with van der Waals surface area (Å²) in [4.78, 5) is 9.12. The Kier molecular flexibility index (Phi) is 10.5. The Morgan fingerprint density at radius 1 is 1.19 bits per heavy atom. The number of halogens is 1. The van der Waals surface area contributed by atoms with Crippen LogP contribution in [0.2, 0.25) is 0 Å². The van der Waals surface area contributed by atoms with Crippen LogP contribution in [0.5, 0.6) is 11.5 Å². The molecule has 172 valence electrons. The summed E-state index contributed by atoms with van der Waals surface area (Å²) in [6, 6.07) is 10.3. The van der Waals surface area contributed by atoms with Gasteiger partial charge in [-0.05, 0) is 62.2 Å². The molecule has 1 saturated heterocycles. The Morgan fingerprint density at radius 2 is 1.94 bits per heavy atom. The van der Waals surface area contributed by atoms with Crippen LogP contribution < -0.4 is 14.8 Å². The average molecular weight is 542 g/mol. The number of hydrogen-bond donors (Lipinski definition) is 1. The Bertz CT molecular complexity index is 807. The minimum atomic E-state index is 0. The number of methoxy groups -OCH3 is 2. The molecule has 1 aromatic carbocycles. The first-order chi connectivity index (χ1) is 14.7. The van der Waals surface area contributed by atoms with Crippen molar-refractivity contribution in [2.75, 3.05) is 54.5 Å². The summed E-state index contributed by atoms with van der Waals surface area (Å²) in [5.41, 5.74) is 1.19. The van der Waals surface area contributed by atoms with E-state index in [0.717, 1.165) is 55.8 Å². The zero-order chi connectivity index (χ0) is 21.3. The molecule has 0 saturated carbocycles. The molecule has 7 nitrogen and oxygen atoms in total. The van der Waals surface area contributed by atoms with Gasteiger partial charge in [0.1, 0.15) is 5.76 Å². The van der Waals surface area contributed by atoms with Gasteiger partial charge in [-0.1, -0.05) is 6.07 Å². The fourth-order valence-electron chi connectivity index (χ4n) is 3.96. The molecule has 2 aromatic rings. The second-order valence-electron chi connectivity index (χ2n) is 7.56. The molecule has 1 unspecified atom stereocenters. The van der Waals surface area contributed by atoms with Crippen LogP contribution in [0.4, 0.5) is 0 Å². The number of aliphatic imine (C=N–C) groups is 1. The van der Waals surface area contributed by atoms with E-state index in [4.69, 9.17) is 13.9 Å². The van der Waals surface area contributed by atoms with Gasteiger partial charge >= 0.3 is 0 Å². The van der Waals surface area contributed by atoms with Gasteiger partial charge in [0, 0.05) is 27.2 Å². The summed E-state index contributed by atoms with van der Waals surface area (Å²) < 4.78 is 16.5. The molecule has 1 aliphatic heterocycles. The molecule has 8 heteroatoms. The van der Waals surface area contributed by atoms with E-state index in [0.29, 0.717) is 0 Å². The first-order valence-corrected chi connectivity index (χ1v) is 10.6. The minimum Gasteiger partial charge on any atom is -0.493 e. The summed E-state index contributed by atoms with van der Waals surface area (Å²) >= 11 is 0. The lowest BCUT2D eigenvalue weighted by Crippen LogP contribution is -2.44. The first-order valence-electron chi connectivity index (χ1n) is 10.6. The van der Waals surface area contributed by atoms with Crippen molar-refractivity contribution < 1.29 is 13.9 Å². The summed E-state index contributed by atoms with van der Waals surface area (Å²) in [6.07, 6.45) is 5.13. The van der Waals surface area contributed by atoms with Crippen LogP contribution in [-0.4, -0.2) is 70.3 Å². The van der Waals surface area contributed by atoms with Crippen LogP contribution in [0.25, 0.3) is 0 Å². The normalized spacial score (nSPS) is 15.3. The molecule has 0 aliphatic carbocycles. The molecule has 0 bridgehead atoms. The second kappa shape index (κ2) is 12.8. The summed E-state index contributed by atoms with van der Waals surface area (Å²) in [6.45, 7) is 3.83. The minimum absolute atomic E-state index is 0. The summed E-state index contributed by atoms with van der Waals surface area (Å²) in [7, 11) is 7.20. The first kappa shape index (κ1) is 25.3. The predicted molar refractivity (Wildman–Crippen MR) is 135 cm³/mol. The molecule has 0 radical (unpaired) electrons. The maximum Gasteiger partial charge on any atom is 0.193 e. The topological polar surface area (TPSA) is 62.5 Å². The predicted octanol–water partition coefficient (Wildman–Crippen LogP) is 3.80. The van der Waals surface area contributed by atoms with E-state index in [1.54, 1.807) is 20.5 Å². The fraction of sp³-hybridized carbons (Fsp3) is 0.522. The largest absolute Gasteiger partial charge is 0.493 e. The highest BCUT2D eigenvalue weighted by atomic mass is 127. The number of nitrogens with zero attached hydrogens (tertiary/aromatic N) is 3. The van der Waals surface area contributed by atoms with Crippen molar-refractivity contribution in [2.45, 2.75) is 25.3 Å². The average Bonchev–Trinajstić information content (AvgIpc) is 3.49. The molecule has 31 heavy (non-hydrogen) atoms. The van der Waals surface area contributed by atoms with E-state index in [-0.39, 0.29) is 30.0 Å². The molecule has 0 spiro atoms. The number of rotatable bonds is 9. The van der Waals surface area contributed by atoms with Crippen LogP contribution in [0.1, 0.15) is 30.2 Å². The zero-order valence-electron chi connectivity index (χ0n) is 19.0. The molecule has 2 heterocycles. The van der Waals surface area contributed by atoms with E-state index in [1.165, 1.54) is 18.4 Å². The van der Waals surface area contributed by atoms with Crippen molar-refractivity contribution >= 4 is 29.9 Å². The van der Waals surface area contributed by atoms with Gasteiger partial charge in [0.2, 0.25) is 0 Å². The SMILES string of the molecule is CN=C(NCC(c1ccco1)N1CCCC1)N(C)CCc1ccc(OC)c(OC)c1.I. The molecule has 1 aromatic heterocycles. The van der Waals surface area contributed by atoms with Crippen LogP contribution in [0.3, 0.4) is 0 Å². The molecule has 1 aliphatic rings. The molecular formula is C23H35IN4O3. The number of likely N-dealkylation sites (tertiary alicyclic amines) is 1. The third-order valence-corrected chi connectivity index (χ3v) is 5.66. The van der Waals surface area contributed by atoms with Crippen molar-refractivity contribution in [2.24, 2.45) is 4.99 Å². The van der Waals surface area contributed by atoms with E-state index >= 15 is 0 Å². The number of nitrogens with one attached hydrogen (secondary N) is 1. The Hall–Kier alpha value is -1.94. The van der Waals surface area contributed by atoms with Gasteiger partial charge in [-0.15, -0.1) is 24.0 Å². The van der Waals surface area contributed by atoms with Gasteiger partial charge in [-0.3, -0.25) is 9.89 Å². The molecular weight excluding hydrogens is 507 g/mol. The second-order valence-corrected chi connectivity index (χ2v) is 7.56. The third kappa shape index (κ3) is 6.77. The van der Waals surface area contributed by atoms with Gasteiger partial charge in [0.25, 0.3) is 0 Å². The Morgan fingerprint density at radius 3 is 2.55 bits per heavy atom.